The number of piperidine rings is 1. The van der Waals surface area contributed by atoms with Gasteiger partial charge in [-0.1, -0.05) is 30.7 Å². The minimum Gasteiger partial charge on any atom is -0.352 e. The third-order valence-electron chi connectivity index (χ3n) is 5.23. The van der Waals surface area contributed by atoms with Crippen LogP contribution < -0.4 is 10.6 Å². The van der Waals surface area contributed by atoms with Crippen molar-refractivity contribution < 1.29 is 9.59 Å². The topological polar surface area (TPSA) is 87.2 Å². The Morgan fingerprint density at radius 1 is 1.24 bits per heavy atom. The highest BCUT2D eigenvalue weighted by Gasteiger charge is 2.20. The Kier molecular flexibility index (Phi) is 7.71. The minimum atomic E-state index is -0.319. The van der Waals surface area contributed by atoms with Gasteiger partial charge in [-0.25, -0.2) is 0 Å². The van der Waals surface area contributed by atoms with Gasteiger partial charge >= 0.3 is 0 Å². The van der Waals surface area contributed by atoms with Crippen molar-refractivity contribution in [2.24, 2.45) is 0 Å². The van der Waals surface area contributed by atoms with Gasteiger partial charge in [0.15, 0.2) is 0 Å². The molecule has 0 bridgehead atoms. The molecule has 0 saturated carbocycles. The van der Waals surface area contributed by atoms with Gasteiger partial charge in [-0.3, -0.25) is 9.59 Å². The molecule has 2 aromatic rings. The lowest BCUT2D eigenvalue weighted by molar-refractivity contribution is 0.0946. The number of anilines is 1. The van der Waals surface area contributed by atoms with Crippen molar-refractivity contribution in [2.45, 2.75) is 52.0 Å². The number of carbonyl (C=O) groups excluding carboxylic acids is 2. The van der Waals surface area contributed by atoms with Crippen LogP contribution in [0.25, 0.3) is 0 Å². The molecule has 156 valence electrons. The van der Waals surface area contributed by atoms with Crippen molar-refractivity contribution in [2.75, 3.05) is 25.0 Å². The molecule has 0 radical (unpaired) electrons. The van der Waals surface area contributed by atoms with Gasteiger partial charge in [0.05, 0.1) is 0 Å². The molecule has 1 atom stereocenters. The van der Waals surface area contributed by atoms with Gasteiger partial charge in [0.25, 0.3) is 11.8 Å². The monoisotopic (exact) mass is 415 g/mol. The number of hydrogen-bond acceptors (Lipinski definition) is 6. The maximum atomic E-state index is 12.5. The zero-order chi connectivity index (χ0) is 20.6. The summed E-state index contributed by atoms with van der Waals surface area (Å²) < 4.78 is 0. The van der Waals surface area contributed by atoms with Crippen LogP contribution in [-0.2, 0) is 0 Å². The summed E-state index contributed by atoms with van der Waals surface area (Å²) in [5.41, 5.74) is 1.09. The molecule has 7 nitrogen and oxygen atoms in total. The number of hydrogen-bond donors (Lipinski definition) is 2. The Hall–Kier alpha value is -2.32. The van der Waals surface area contributed by atoms with Gasteiger partial charge in [-0.05, 0) is 57.4 Å². The van der Waals surface area contributed by atoms with E-state index in [0.29, 0.717) is 28.8 Å². The van der Waals surface area contributed by atoms with Crippen LogP contribution in [0.15, 0.2) is 24.3 Å². The number of rotatable bonds is 8. The first-order chi connectivity index (χ1) is 14.1. The summed E-state index contributed by atoms with van der Waals surface area (Å²) in [6, 6.07) is 7.63. The highest BCUT2D eigenvalue weighted by Crippen LogP contribution is 2.19. The minimum absolute atomic E-state index is 0.126. The molecule has 0 aliphatic carbocycles. The molecule has 29 heavy (non-hydrogen) atoms. The van der Waals surface area contributed by atoms with Crippen LogP contribution in [0.5, 0.6) is 0 Å². The molecule has 2 heterocycles. The number of carbonyl (C=O) groups is 2. The second-order valence-electron chi connectivity index (χ2n) is 7.36. The standard InChI is InChI=1S/C21H29N5O2S/c1-3-18-10-4-5-12-26(18)13-7-11-22-19(27)16-8-6-9-17(14-16)23-20(28)21-25-24-15(2)29-21/h6,8-9,14,18H,3-5,7,10-13H2,1-2H3,(H,22,27)(H,23,28)/t18-/m0/s1. The number of nitrogens with one attached hydrogen (secondary N) is 2. The van der Waals surface area contributed by atoms with E-state index in [1.165, 1.54) is 43.6 Å². The predicted molar refractivity (Wildman–Crippen MR) is 115 cm³/mol. The Balaban J connectivity index is 1.47. The Morgan fingerprint density at radius 3 is 2.86 bits per heavy atom. The molecule has 1 fully saturated rings. The molecule has 2 N–H and O–H groups in total. The van der Waals surface area contributed by atoms with Crippen LogP contribution in [0.1, 0.15) is 64.2 Å². The molecule has 3 rings (SSSR count). The van der Waals surface area contributed by atoms with Gasteiger partial charge in [-0.2, -0.15) is 0 Å². The maximum Gasteiger partial charge on any atom is 0.286 e. The molecule has 2 amide bonds. The molecular weight excluding hydrogens is 386 g/mol. The summed E-state index contributed by atoms with van der Waals surface area (Å²) in [7, 11) is 0. The average Bonchev–Trinajstić information content (AvgIpc) is 3.18. The van der Waals surface area contributed by atoms with E-state index in [2.05, 4.69) is 32.7 Å². The smallest absolute Gasteiger partial charge is 0.286 e. The lowest BCUT2D eigenvalue weighted by atomic mass is 10.00. The van der Waals surface area contributed by atoms with Crippen molar-refractivity contribution in [3.63, 3.8) is 0 Å². The fourth-order valence-electron chi connectivity index (χ4n) is 3.71. The van der Waals surface area contributed by atoms with E-state index in [-0.39, 0.29) is 11.8 Å². The van der Waals surface area contributed by atoms with Crippen molar-refractivity contribution in [3.05, 3.63) is 39.8 Å². The first-order valence-electron chi connectivity index (χ1n) is 10.3. The van der Waals surface area contributed by atoms with Crippen molar-refractivity contribution in [3.8, 4) is 0 Å². The third kappa shape index (κ3) is 6.08. The summed E-state index contributed by atoms with van der Waals surface area (Å²) in [6.45, 7) is 6.89. The van der Waals surface area contributed by atoms with Crippen LogP contribution in [0.4, 0.5) is 5.69 Å². The molecule has 8 heteroatoms. The zero-order valence-corrected chi connectivity index (χ0v) is 17.9. The molecule has 1 saturated heterocycles. The van der Waals surface area contributed by atoms with Crippen molar-refractivity contribution in [1.82, 2.24) is 20.4 Å². The molecule has 1 aromatic carbocycles. The molecule has 1 aromatic heterocycles. The Bertz CT molecular complexity index is 838. The van der Waals surface area contributed by atoms with E-state index < -0.39 is 0 Å². The van der Waals surface area contributed by atoms with Crippen LogP contribution in [0, 0.1) is 6.92 Å². The quantitative estimate of drug-likeness (QED) is 0.645. The molecule has 0 unspecified atom stereocenters. The lowest BCUT2D eigenvalue weighted by Crippen LogP contribution is -2.40. The van der Waals surface area contributed by atoms with Crippen LogP contribution >= 0.6 is 11.3 Å². The summed E-state index contributed by atoms with van der Waals surface area (Å²) in [4.78, 5) is 27.2. The van der Waals surface area contributed by atoms with Crippen molar-refractivity contribution in [1.29, 1.82) is 0 Å². The van der Waals surface area contributed by atoms with Gasteiger partial charge in [-0.15, -0.1) is 10.2 Å². The number of aryl methyl sites for hydroxylation is 1. The van der Waals surface area contributed by atoms with Crippen LogP contribution in [0.2, 0.25) is 0 Å². The van der Waals surface area contributed by atoms with Gasteiger partial charge in [0, 0.05) is 30.4 Å². The summed E-state index contributed by atoms with van der Waals surface area (Å²) >= 11 is 1.23. The van der Waals surface area contributed by atoms with Crippen LogP contribution in [0.3, 0.4) is 0 Å². The number of nitrogens with zero attached hydrogens (tertiary/aromatic N) is 3. The Labute approximate surface area is 175 Å². The molecule has 1 aliphatic heterocycles. The molecule has 1 aliphatic rings. The SMILES string of the molecule is CC[C@H]1CCCCN1CCCNC(=O)c1cccc(NC(=O)c2nnc(C)s2)c1. The summed E-state index contributed by atoms with van der Waals surface area (Å²) in [5, 5.41) is 14.5. The van der Waals surface area contributed by atoms with E-state index in [4.69, 9.17) is 0 Å². The second kappa shape index (κ2) is 10.5. The molecular formula is C21H29N5O2S. The largest absolute Gasteiger partial charge is 0.352 e. The first-order valence-corrected chi connectivity index (χ1v) is 11.1. The zero-order valence-electron chi connectivity index (χ0n) is 17.1. The summed E-state index contributed by atoms with van der Waals surface area (Å²) in [5.74, 6) is -0.446. The van der Waals surface area contributed by atoms with Gasteiger partial charge < -0.3 is 15.5 Å². The number of aromatic nitrogens is 2. The number of benzene rings is 1. The van der Waals surface area contributed by atoms with E-state index in [9.17, 15) is 9.59 Å². The first kappa shape index (κ1) is 21.4. The maximum absolute atomic E-state index is 12.5. The van der Waals surface area contributed by atoms with E-state index in [0.717, 1.165) is 18.0 Å². The van der Waals surface area contributed by atoms with Gasteiger partial charge in [0.2, 0.25) is 5.01 Å². The molecule has 0 spiro atoms. The lowest BCUT2D eigenvalue weighted by Gasteiger charge is -2.35. The van der Waals surface area contributed by atoms with Gasteiger partial charge in [0.1, 0.15) is 5.01 Å². The fourth-order valence-corrected chi connectivity index (χ4v) is 4.30. The normalized spacial score (nSPS) is 17.1. The number of amides is 2. The highest BCUT2D eigenvalue weighted by atomic mass is 32.1. The third-order valence-corrected chi connectivity index (χ3v) is 6.07. The van der Waals surface area contributed by atoms with E-state index >= 15 is 0 Å². The van der Waals surface area contributed by atoms with Crippen LogP contribution in [-0.4, -0.2) is 52.6 Å². The summed E-state index contributed by atoms with van der Waals surface area (Å²) in [6.07, 6.45) is 6.03. The fraction of sp³-hybridized carbons (Fsp3) is 0.524. The second-order valence-corrected chi connectivity index (χ2v) is 8.55. The van der Waals surface area contributed by atoms with E-state index in [1.54, 1.807) is 31.2 Å². The van der Waals surface area contributed by atoms with E-state index in [1.807, 2.05) is 0 Å². The highest BCUT2D eigenvalue weighted by molar-refractivity contribution is 7.13. The number of likely N-dealkylation sites (tertiary alicyclic amines) is 1. The average molecular weight is 416 g/mol. The Morgan fingerprint density at radius 2 is 2.10 bits per heavy atom. The predicted octanol–water partition coefficient (Wildman–Crippen LogP) is 3.48. The van der Waals surface area contributed by atoms with Crippen molar-refractivity contribution >= 4 is 28.8 Å².